The number of hydrogen-bond donors (Lipinski definition) is 3. The van der Waals surface area contributed by atoms with E-state index in [-0.39, 0.29) is 24.1 Å². The number of carbonyl (C=O) groups is 3. The van der Waals surface area contributed by atoms with Gasteiger partial charge in [-0.05, 0) is 51.4 Å². The number of hydrogen-bond acceptors (Lipinski definition) is 3. The van der Waals surface area contributed by atoms with Gasteiger partial charge in [-0.2, -0.15) is 0 Å². The highest BCUT2D eigenvalue weighted by Crippen LogP contribution is 2.11. The van der Waals surface area contributed by atoms with Gasteiger partial charge >= 0.3 is 0 Å². The molecule has 0 radical (unpaired) electrons. The number of nitrogens with one attached hydrogen (secondary N) is 3. The van der Waals surface area contributed by atoms with Crippen LogP contribution in [0.4, 0.5) is 0 Å². The maximum absolute atomic E-state index is 12.6. The largest absolute Gasteiger partial charge is 0.356 e. The van der Waals surface area contributed by atoms with Crippen molar-refractivity contribution in [1.29, 1.82) is 0 Å². The summed E-state index contributed by atoms with van der Waals surface area (Å²) in [6, 6.07) is -0.646. The molecule has 0 aliphatic rings. The molecule has 0 aliphatic carbocycles. The van der Waals surface area contributed by atoms with Crippen LogP contribution in [0.5, 0.6) is 0 Å². The van der Waals surface area contributed by atoms with Crippen molar-refractivity contribution in [1.82, 2.24) is 16.0 Å². The van der Waals surface area contributed by atoms with Crippen molar-refractivity contribution in [3.63, 3.8) is 0 Å². The summed E-state index contributed by atoms with van der Waals surface area (Å²) in [6.07, 6.45) is 25.4. The molecule has 0 aromatic heterocycles. The van der Waals surface area contributed by atoms with Gasteiger partial charge in [0.05, 0.1) is 0 Å². The van der Waals surface area contributed by atoms with Crippen LogP contribution < -0.4 is 16.0 Å². The summed E-state index contributed by atoms with van der Waals surface area (Å²) < 4.78 is 0. The molecule has 3 amide bonds. The van der Waals surface area contributed by atoms with Crippen LogP contribution in [-0.2, 0) is 14.4 Å². The summed E-state index contributed by atoms with van der Waals surface area (Å²) >= 11 is 0. The normalized spacial score (nSPS) is 12.0. The van der Waals surface area contributed by atoms with Gasteiger partial charge in [-0.1, -0.05) is 97.1 Å². The number of amides is 3. The van der Waals surface area contributed by atoms with E-state index in [1.807, 2.05) is 0 Å². The summed E-state index contributed by atoms with van der Waals surface area (Å²) in [5, 5.41) is 8.66. The predicted molar refractivity (Wildman–Crippen MR) is 156 cm³/mol. The van der Waals surface area contributed by atoms with Crippen LogP contribution in [0, 0.1) is 0 Å². The van der Waals surface area contributed by atoms with Crippen LogP contribution in [0.15, 0.2) is 12.2 Å². The van der Waals surface area contributed by atoms with Crippen molar-refractivity contribution in [2.75, 3.05) is 13.1 Å². The number of carbonyl (C=O) groups excluding carboxylic acids is 3. The minimum Gasteiger partial charge on any atom is -0.356 e. The van der Waals surface area contributed by atoms with E-state index >= 15 is 0 Å². The molecule has 0 aliphatic heterocycles. The second kappa shape index (κ2) is 27.2. The highest BCUT2D eigenvalue weighted by Gasteiger charge is 2.21. The maximum atomic E-state index is 12.6. The van der Waals surface area contributed by atoms with Crippen molar-refractivity contribution < 1.29 is 14.4 Å². The standard InChI is InChI=1S/C31H59N3O3/c1-4-7-10-11-12-13-14-15-16-17-18-19-20-21-22-23-30(36)34-28(31(37)33-27-9-6-3)24-25-29(35)32-26-8-5-2/h12-13,28H,4-11,14-27H2,1-3H3,(H,32,35)(H,33,37)(H,34,36)/b13-12+/t28-/m0/s1. The average molecular weight is 522 g/mol. The Morgan fingerprint density at radius 2 is 1.08 bits per heavy atom. The summed E-state index contributed by atoms with van der Waals surface area (Å²) in [7, 11) is 0. The van der Waals surface area contributed by atoms with Gasteiger partial charge in [-0.25, -0.2) is 0 Å². The predicted octanol–water partition coefficient (Wildman–Crippen LogP) is 7.12. The smallest absolute Gasteiger partial charge is 0.242 e. The van der Waals surface area contributed by atoms with E-state index < -0.39 is 6.04 Å². The van der Waals surface area contributed by atoms with Crippen LogP contribution in [0.1, 0.15) is 149 Å². The molecule has 37 heavy (non-hydrogen) atoms. The molecule has 0 saturated heterocycles. The maximum Gasteiger partial charge on any atom is 0.242 e. The number of unbranched alkanes of at least 4 members (excludes halogenated alkanes) is 13. The lowest BCUT2D eigenvalue weighted by Crippen LogP contribution is -2.47. The fraction of sp³-hybridized carbons (Fsp3) is 0.839. The van der Waals surface area contributed by atoms with Crippen LogP contribution in [0.3, 0.4) is 0 Å². The van der Waals surface area contributed by atoms with Crippen LogP contribution in [0.2, 0.25) is 0 Å². The topological polar surface area (TPSA) is 87.3 Å². The van der Waals surface area contributed by atoms with Crippen molar-refractivity contribution in [3.8, 4) is 0 Å². The zero-order valence-corrected chi connectivity index (χ0v) is 24.5. The zero-order valence-electron chi connectivity index (χ0n) is 24.5. The van der Waals surface area contributed by atoms with Crippen molar-refractivity contribution in [2.24, 2.45) is 0 Å². The first kappa shape index (κ1) is 35.2. The van der Waals surface area contributed by atoms with Crippen molar-refractivity contribution in [3.05, 3.63) is 12.2 Å². The van der Waals surface area contributed by atoms with E-state index in [0.717, 1.165) is 44.9 Å². The van der Waals surface area contributed by atoms with Crippen molar-refractivity contribution >= 4 is 17.7 Å². The van der Waals surface area contributed by atoms with Gasteiger partial charge in [0, 0.05) is 25.9 Å². The molecule has 0 saturated carbocycles. The van der Waals surface area contributed by atoms with E-state index in [9.17, 15) is 14.4 Å². The molecule has 216 valence electrons. The molecule has 0 heterocycles. The highest BCUT2D eigenvalue weighted by molar-refractivity contribution is 5.88. The Morgan fingerprint density at radius 3 is 1.68 bits per heavy atom. The minimum absolute atomic E-state index is 0.0621. The Morgan fingerprint density at radius 1 is 0.568 bits per heavy atom. The monoisotopic (exact) mass is 521 g/mol. The molecule has 0 unspecified atom stereocenters. The quantitative estimate of drug-likeness (QED) is 0.0836. The Labute approximate surface area is 228 Å². The lowest BCUT2D eigenvalue weighted by Gasteiger charge is -2.18. The molecule has 0 spiro atoms. The molecular formula is C31H59N3O3. The first-order valence-corrected chi connectivity index (χ1v) is 15.5. The summed E-state index contributed by atoms with van der Waals surface area (Å²) in [5.41, 5.74) is 0. The van der Waals surface area contributed by atoms with Gasteiger partial charge in [0.25, 0.3) is 0 Å². The SMILES string of the molecule is CCCCC/C=C/CCCCCCCCCCC(=O)N[C@@H](CCC(=O)NCCCC)C(=O)NCCCC. The van der Waals surface area contributed by atoms with Crippen LogP contribution >= 0.6 is 0 Å². The Balaban J connectivity index is 4.01. The fourth-order valence-electron chi connectivity index (χ4n) is 4.17. The highest BCUT2D eigenvalue weighted by atomic mass is 16.2. The Kier molecular flexibility index (Phi) is 25.8. The van der Waals surface area contributed by atoms with E-state index in [1.54, 1.807) is 0 Å². The molecule has 0 aromatic rings. The number of allylic oxidation sites excluding steroid dienone is 2. The molecule has 6 heteroatoms. The van der Waals surface area contributed by atoms with Gasteiger partial charge in [-0.15, -0.1) is 0 Å². The molecule has 1 atom stereocenters. The van der Waals surface area contributed by atoms with Gasteiger partial charge in [-0.3, -0.25) is 14.4 Å². The fourth-order valence-corrected chi connectivity index (χ4v) is 4.17. The van der Waals surface area contributed by atoms with E-state index in [1.165, 1.54) is 64.2 Å². The lowest BCUT2D eigenvalue weighted by molar-refractivity contribution is -0.129. The second-order valence-corrected chi connectivity index (χ2v) is 10.3. The third-order valence-corrected chi connectivity index (χ3v) is 6.66. The molecule has 6 nitrogen and oxygen atoms in total. The summed E-state index contributed by atoms with van der Waals surface area (Å²) in [5.74, 6) is -0.340. The molecule has 0 aromatic carbocycles. The summed E-state index contributed by atoms with van der Waals surface area (Å²) in [4.78, 5) is 37.1. The number of rotatable bonds is 26. The van der Waals surface area contributed by atoms with Crippen LogP contribution in [0.25, 0.3) is 0 Å². The molecular weight excluding hydrogens is 462 g/mol. The van der Waals surface area contributed by atoms with E-state index in [0.29, 0.717) is 25.9 Å². The van der Waals surface area contributed by atoms with E-state index in [2.05, 4.69) is 48.9 Å². The molecule has 0 rings (SSSR count). The van der Waals surface area contributed by atoms with Crippen molar-refractivity contribution in [2.45, 2.75) is 155 Å². The average Bonchev–Trinajstić information content (AvgIpc) is 2.89. The Hall–Kier alpha value is -1.85. The first-order valence-electron chi connectivity index (χ1n) is 15.5. The molecule has 0 fully saturated rings. The first-order chi connectivity index (χ1) is 18.0. The Bertz CT molecular complexity index is 592. The zero-order chi connectivity index (χ0) is 27.4. The molecule has 3 N–H and O–H groups in total. The van der Waals surface area contributed by atoms with Crippen LogP contribution in [-0.4, -0.2) is 36.9 Å². The summed E-state index contributed by atoms with van der Waals surface area (Å²) in [6.45, 7) is 7.65. The van der Waals surface area contributed by atoms with Gasteiger partial charge < -0.3 is 16.0 Å². The second-order valence-electron chi connectivity index (χ2n) is 10.3. The van der Waals surface area contributed by atoms with Gasteiger partial charge in [0.15, 0.2) is 0 Å². The minimum atomic E-state index is -0.646. The van der Waals surface area contributed by atoms with Gasteiger partial charge in [0.1, 0.15) is 6.04 Å². The van der Waals surface area contributed by atoms with E-state index in [4.69, 9.17) is 0 Å². The molecule has 0 bridgehead atoms. The third kappa shape index (κ3) is 24.3. The van der Waals surface area contributed by atoms with Gasteiger partial charge in [0.2, 0.25) is 17.7 Å². The third-order valence-electron chi connectivity index (χ3n) is 6.66. The lowest BCUT2D eigenvalue weighted by atomic mass is 10.1.